The Balaban J connectivity index is 1.41. The third-order valence-electron chi connectivity index (χ3n) is 8.94. The van der Waals surface area contributed by atoms with Gasteiger partial charge in [-0.15, -0.1) is 0 Å². The zero-order valence-electron chi connectivity index (χ0n) is 15.8. The Morgan fingerprint density at radius 1 is 1.21 bits per heavy atom. The monoisotopic (exact) mass is 416 g/mol. The number of methoxy groups -OCH3 is 1. The third kappa shape index (κ3) is 1.33. The van der Waals surface area contributed by atoms with E-state index in [0.717, 1.165) is 5.56 Å². The van der Waals surface area contributed by atoms with E-state index in [-0.39, 0.29) is 53.0 Å². The van der Waals surface area contributed by atoms with Gasteiger partial charge in [0.2, 0.25) is 0 Å². The molecule has 7 heteroatoms. The van der Waals surface area contributed by atoms with E-state index < -0.39 is 28.6 Å². The van der Waals surface area contributed by atoms with Crippen LogP contribution in [0.3, 0.4) is 0 Å². The molecule has 1 aromatic carbocycles. The van der Waals surface area contributed by atoms with Crippen molar-refractivity contribution >= 4 is 29.5 Å². The summed E-state index contributed by atoms with van der Waals surface area (Å²) in [6.07, 6.45) is 0.270. The van der Waals surface area contributed by atoms with Crippen molar-refractivity contribution in [3.8, 4) is 0 Å². The normalized spacial score (nSPS) is 45.3. The lowest BCUT2D eigenvalue weighted by atomic mass is 8.87. The van der Waals surface area contributed by atoms with Gasteiger partial charge >= 0.3 is 17.9 Å². The van der Waals surface area contributed by atoms with E-state index in [2.05, 4.69) is 6.58 Å². The molecule has 0 radical (unpaired) electrons. The van der Waals surface area contributed by atoms with E-state index in [1.54, 1.807) is 6.07 Å². The third-order valence-corrected chi connectivity index (χ3v) is 9.26. The smallest absolute Gasteiger partial charge is 0.340 e. The van der Waals surface area contributed by atoms with Gasteiger partial charge in [0.05, 0.1) is 18.9 Å². The molecule has 150 valence electrons. The van der Waals surface area contributed by atoms with Crippen LogP contribution >= 0.6 is 11.6 Å². The van der Waals surface area contributed by atoms with Gasteiger partial charge in [0.1, 0.15) is 5.82 Å². The molecule has 0 aromatic heterocycles. The van der Waals surface area contributed by atoms with Gasteiger partial charge in [-0.05, 0) is 59.6 Å². The Labute approximate surface area is 171 Å². The molecule has 6 saturated carbocycles. The second kappa shape index (κ2) is 4.75. The van der Waals surface area contributed by atoms with Crippen molar-refractivity contribution in [2.75, 3.05) is 7.11 Å². The van der Waals surface area contributed by atoms with Crippen molar-refractivity contribution in [1.29, 1.82) is 0 Å². The molecule has 7 rings (SSSR count). The summed E-state index contributed by atoms with van der Waals surface area (Å²) < 4.78 is 23.7. The number of esters is 3. The zero-order chi connectivity index (χ0) is 20.7. The molecule has 0 amide bonds. The maximum atomic E-state index is 13.7. The van der Waals surface area contributed by atoms with Crippen molar-refractivity contribution in [3.63, 3.8) is 0 Å². The fourth-order valence-electron chi connectivity index (χ4n) is 8.65. The van der Waals surface area contributed by atoms with Gasteiger partial charge < -0.3 is 9.47 Å². The molecule has 0 spiro atoms. The number of benzene rings is 1. The Hall–Kier alpha value is -2.21. The number of halogens is 2. The van der Waals surface area contributed by atoms with Crippen LogP contribution in [0.4, 0.5) is 4.39 Å². The van der Waals surface area contributed by atoms with Gasteiger partial charge in [-0.25, -0.2) is 9.18 Å². The van der Waals surface area contributed by atoms with Crippen molar-refractivity contribution < 1.29 is 28.2 Å². The topological polar surface area (TPSA) is 69.7 Å². The Morgan fingerprint density at radius 3 is 2.41 bits per heavy atom. The lowest BCUT2D eigenvalue weighted by molar-refractivity contribution is -0.656. The lowest BCUT2D eigenvalue weighted by Crippen LogP contribution is -3.16. The first-order valence-corrected chi connectivity index (χ1v) is 10.0. The minimum atomic E-state index is -0.707. The van der Waals surface area contributed by atoms with Crippen LogP contribution in [0.25, 0.3) is 0 Å². The van der Waals surface area contributed by atoms with Gasteiger partial charge in [0, 0.05) is 16.0 Å². The molecule has 8 atom stereocenters. The van der Waals surface area contributed by atoms with Crippen molar-refractivity contribution in [2.24, 2.45) is 40.4 Å². The van der Waals surface area contributed by atoms with Crippen LogP contribution in [0, 0.1) is 46.2 Å². The van der Waals surface area contributed by atoms with Crippen LogP contribution in [-0.4, -0.2) is 25.0 Å². The zero-order valence-corrected chi connectivity index (χ0v) is 16.6. The largest absolute Gasteiger partial charge is 0.469 e. The summed E-state index contributed by atoms with van der Waals surface area (Å²) in [5.41, 5.74) is -0.423. The summed E-state index contributed by atoms with van der Waals surface area (Å²) in [7, 11) is 1.36. The maximum absolute atomic E-state index is 13.7. The van der Waals surface area contributed by atoms with E-state index >= 15 is 0 Å². The molecule has 1 aromatic rings. The summed E-state index contributed by atoms with van der Waals surface area (Å²) in [6.45, 7) is 5.03. The van der Waals surface area contributed by atoms with E-state index in [0.29, 0.717) is 5.02 Å². The SMILES string of the molecule is C=C(C)C(=O)OC(=O)C12C3C4[C@H]1C1(c5ccc(F)cc5Cl)[C@H]2C3C41CC(=O)OC. The molecule has 0 bridgehead atoms. The molecule has 6 aliphatic carbocycles. The van der Waals surface area contributed by atoms with Crippen LogP contribution in [-0.2, 0) is 29.3 Å². The predicted molar refractivity (Wildman–Crippen MR) is 98.0 cm³/mol. The number of ether oxygens (including phenoxy) is 2. The molecule has 6 unspecified atom stereocenters. The van der Waals surface area contributed by atoms with Crippen LogP contribution in [0.5, 0.6) is 0 Å². The van der Waals surface area contributed by atoms with E-state index in [1.807, 2.05) is 0 Å². The summed E-state index contributed by atoms with van der Waals surface area (Å²) in [6, 6.07) is 4.32. The Bertz CT molecular complexity index is 1060. The summed E-state index contributed by atoms with van der Waals surface area (Å²) >= 11 is 6.43. The summed E-state index contributed by atoms with van der Waals surface area (Å²) in [4.78, 5) is 37.1. The number of hydrogen-bond donors (Lipinski definition) is 0. The molecule has 0 saturated heterocycles. The molecule has 6 fully saturated rings. The van der Waals surface area contributed by atoms with E-state index in [1.165, 1.54) is 26.2 Å². The van der Waals surface area contributed by atoms with E-state index in [9.17, 15) is 18.8 Å². The first-order chi connectivity index (χ1) is 13.7. The molecule has 0 heterocycles. The lowest BCUT2D eigenvalue weighted by Gasteiger charge is -3.14. The molecule has 0 aliphatic heterocycles. The number of rotatable bonds is 5. The first kappa shape index (κ1) is 17.6. The Kier molecular flexibility index (Phi) is 2.89. The average Bonchev–Trinajstić information content (AvgIpc) is 2.67. The summed E-state index contributed by atoms with van der Waals surface area (Å²) in [5, 5.41) is 0.312. The minimum absolute atomic E-state index is 0.0342. The first-order valence-electron chi connectivity index (χ1n) is 9.66. The van der Waals surface area contributed by atoms with Crippen LogP contribution in [0.2, 0.25) is 5.02 Å². The van der Waals surface area contributed by atoms with Gasteiger partial charge in [0.15, 0.2) is 0 Å². The van der Waals surface area contributed by atoms with Crippen LogP contribution < -0.4 is 0 Å². The van der Waals surface area contributed by atoms with Gasteiger partial charge in [0.25, 0.3) is 0 Å². The van der Waals surface area contributed by atoms with E-state index in [4.69, 9.17) is 21.1 Å². The van der Waals surface area contributed by atoms with Gasteiger partial charge in [-0.2, -0.15) is 0 Å². The second-order valence-corrected chi connectivity index (χ2v) is 9.62. The van der Waals surface area contributed by atoms with Crippen molar-refractivity contribution in [2.45, 2.75) is 18.8 Å². The van der Waals surface area contributed by atoms with Gasteiger partial charge in [-0.1, -0.05) is 24.2 Å². The highest BCUT2D eigenvalue weighted by Crippen LogP contribution is 3.15. The highest BCUT2D eigenvalue weighted by atomic mass is 35.5. The number of carbonyl (C=O) groups excluding carboxylic acids is 3. The molecule has 29 heavy (non-hydrogen) atoms. The molecular formula is C22H18ClFO5. The minimum Gasteiger partial charge on any atom is -0.469 e. The highest BCUT2D eigenvalue weighted by molar-refractivity contribution is 6.31. The quantitative estimate of drug-likeness (QED) is 0.419. The number of hydrogen-bond acceptors (Lipinski definition) is 5. The molecule has 0 N–H and O–H groups in total. The average molecular weight is 417 g/mol. The molecule has 5 nitrogen and oxygen atoms in total. The standard InChI is InChI=1S/C22H18ClFO5/c1-8(2)18(26)29-19(27)21-13-14-16(21)22(10-5-4-9(24)6-11(10)23)17(21)15(13)20(14,22)7-12(25)28-3/h4-6,13-17H,1,7H2,2-3H3/t13?,14?,15?,16-,17+,20?,21?,22?. The fourth-order valence-corrected chi connectivity index (χ4v) is 8.97. The second-order valence-electron chi connectivity index (χ2n) is 9.21. The highest BCUT2D eigenvalue weighted by Gasteiger charge is 3.17. The van der Waals surface area contributed by atoms with Crippen molar-refractivity contribution in [3.05, 3.63) is 46.8 Å². The fraction of sp³-hybridized carbons (Fsp3) is 0.500. The predicted octanol–water partition coefficient (Wildman–Crippen LogP) is 3.05. The van der Waals surface area contributed by atoms with Crippen LogP contribution in [0.15, 0.2) is 30.4 Å². The van der Waals surface area contributed by atoms with Gasteiger partial charge in [-0.3, -0.25) is 9.59 Å². The number of carbonyl (C=O) groups is 3. The van der Waals surface area contributed by atoms with Crippen molar-refractivity contribution in [1.82, 2.24) is 0 Å². The molecule has 6 aliphatic rings. The maximum Gasteiger partial charge on any atom is 0.340 e. The van der Waals surface area contributed by atoms with Crippen LogP contribution in [0.1, 0.15) is 18.9 Å². The Morgan fingerprint density at radius 2 is 1.86 bits per heavy atom. The molecular weight excluding hydrogens is 399 g/mol. The summed E-state index contributed by atoms with van der Waals surface area (Å²) in [5.74, 6) is -1.41.